The standard InChI is InChI=1S/C18H24ClN3O2/c19-16-7-5-14(6-8-16)12-20-17(23)15-4-3-11-22(13-15)18(24)21-9-1-2-10-21/h5-8,15H,1-4,9-13H2,(H,20,23)/t15-/m0/s1. The van der Waals surface area contributed by atoms with Crippen LogP contribution in [0.15, 0.2) is 24.3 Å². The molecule has 0 saturated carbocycles. The summed E-state index contributed by atoms with van der Waals surface area (Å²) >= 11 is 5.87. The van der Waals surface area contributed by atoms with Crippen molar-refractivity contribution in [1.82, 2.24) is 15.1 Å². The molecule has 0 bridgehead atoms. The molecular weight excluding hydrogens is 326 g/mol. The van der Waals surface area contributed by atoms with E-state index in [1.165, 1.54) is 0 Å². The fourth-order valence-corrected chi connectivity index (χ4v) is 3.54. The van der Waals surface area contributed by atoms with E-state index >= 15 is 0 Å². The summed E-state index contributed by atoms with van der Waals surface area (Å²) in [5.74, 6) is -0.0820. The van der Waals surface area contributed by atoms with Gasteiger partial charge in [0, 0.05) is 37.7 Å². The number of carbonyl (C=O) groups is 2. The first-order valence-electron chi connectivity index (χ1n) is 8.69. The van der Waals surface area contributed by atoms with Crippen molar-refractivity contribution in [3.8, 4) is 0 Å². The predicted octanol–water partition coefficient (Wildman–Crippen LogP) is 2.88. The molecule has 1 aromatic rings. The fraction of sp³-hybridized carbons (Fsp3) is 0.556. The van der Waals surface area contributed by atoms with Gasteiger partial charge in [-0.25, -0.2) is 4.79 Å². The van der Waals surface area contributed by atoms with Crippen LogP contribution < -0.4 is 5.32 Å². The third-order valence-corrected chi connectivity index (χ3v) is 5.07. The van der Waals surface area contributed by atoms with E-state index in [-0.39, 0.29) is 17.9 Å². The van der Waals surface area contributed by atoms with Gasteiger partial charge in [-0.1, -0.05) is 23.7 Å². The number of piperidine rings is 1. The van der Waals surface area contributed by atoms with E-state index in [2.05, 4.69) is 5.32 Å². The molecule has 2 saturated heterocycles. The first kappa shape index (κ1) is 17.1. The summed E-state index contributed by atoms with van der Waals surface area (Å²) < 4.78 is 0. The summed E-state index contributed by atoms with van der Waals surface area (Å²) in [4.78, 5) is 28.7. The lowest BCUT2D eigenvalue weighted by molar-refractivity contribution is -0.126. The first-order valence-corrected chi connectivity index (χ1v) is 9.07. The van der Waals surface area contributed by atoms with Gasteiger partial charge in [0.2, 0.25) is 5.91 Å². The van der Waals surface area contributed by atoms with Gasteiger partial charge in [-0.05, 0) is 43.4 Å². The van der Waals surface area contributed by atoms with Gasteiger partial charge in [-0.15, -0.1) is 0 Å². The van der Waals surface area contributed by atoms with E-state index in [0.29, 0.717) is 18.1 Å². The van der Waals surface area contributed by atoms with Crippen molar-refractivity contribution < 1.29 is 9.59 Å². The number of hydrogen-bond donors (Lipinski definition) is 1. The van der Waals surface area contributed by atoms with E-state index in [0.717, 1.165) is 50.9 Å². The number of urea groups is 1. The molecule has 130 valence electrons. The van der Waals surface area contributed by atoms with Crippen LogP contribution in [-0.2, 0) is 11.3 Å². The zero-order chi connectivity index (χ0) is 16.9. The van der Waals surface area contributed by atoms with Gasteiger partial charge in [0.15, 0.2) is 0 Å². The molecule has 1 atom stereocenters. The topological polar surface area (TPSA) is 52.7 Å². The number of hydrogen-bond acceptors (Lipinski definition) is 2. The normalized spacial score (nSPS) is 21.0. The van der Waals surface area contributed by atoms with Crippen molar-refractivity contribution >= 4 is 23.5 Å². The van der Waals surface area contributed by atoms with Gasteiger partial charge in [-0.3, -0.25) is 4.79 Å². The summed E-state index contributed by atoms with van der Waals surface area (Å²) in [6.45, 7) is 3.48. The minimum absolute atomic E-state index is 0.0314. The quantitative estimate of drug-likeness (QED) is 0.912. The van der Waals surface area contributed by atoms with Crippen molar-refractivity contribution in [2.24, 2.45) is 5.92 Å². The van der Waals surface area contributed by atoms with Gasteiger partial charge in [0.1, 0.15) is 0 Å². The zero-order valence-electron chi connectivity index (χ0n) is 13.8. The molecule has 2 aliphatic heterocycles. The molecule has 6 heteroatoms. The van der Waals surface area contributed by atoms with E-state index in [1.807, 2.05) is 34.1 Å². The van der Waals surface area contributed by atoms with Crippen LogP contribution in [0.25, 0.3) is 0 Å². The largest absolute Gasteiger partial charge is 0.352 e. The molecule has 5 nitrogen and oxygen atoms in total. The molecule has 2 heterocycles. The average molecular weight is 350 g/mol. The molecule has 0 aromatic heterocycles. The minimum atomic E-state index is -0.113. The molecule has 3 rings (SSSR count). The zero-order valence-corrected chi connectivity index (χ0v) is 14.6. The number of rotatable bonds is 3. The second-order valence-corrected chi connectivity index (χ2v) is 7.04. The highest BCUT2D eigenvalue weighted by Gasteiger charge is 2.31. The molecule has 3 amide bonds. The molecule has 2 fully saturated rings. The SMILES string of the molecule is O=C(NCc1ccc(Cl)cc1)[C@H]1CCCN(C(=O)N2CCCC2)C1. The highest BCUT2D eigenvalue weighted by molar-refractivity contribution is 6.30. The van der Waals surface area contributed by atoms with E-state index < -0.39 is 0 Å². The summed E-state index contributed by atoms with van der Waals surface area (Å²) in [6.07, 6.45) is 3.91. The van der Waals surface area contributed by atoms with Crippen LogP contribution >= 0.6 is 11.6 Å². The van der Waals surface area contributed by atoms with Crippen LogP contribution in [0.2, 0.25) is 5.02 Å². The Balaban J connectivity index is 1.51. The summed E-state index contributed by atoms with van der Waals surface area (Å²) in [6, 6.07) is 7.56. The Morgan fingerprint density at radius 3 is 2.42 bits per heavy atom. The molecule has 24 heavy (non-hydrogen) atoms. The first-order chi connectivity index (χ1) is 11.6. The Morgan fingerprint density at radius 1 is 1.04 bits per heavy atom. The number of nitrogens with zero attached hydrogens (tertiary/aromatic N) is 2. The van der Waals surface area contributed by atoms with Crippen molar-refractivity contribution in [1.29, 1.82) is 0 Å². The van der Waals surface area contributed by atoms with Crippen molar-refractivity contribution in [2.75, 3.05) is 26.2 Å². The Kier molecular flexibility index (Phi) is 5.61. The van der Waals surface area contributed by atoms with Gasteiger partial charge in [0.25, 0.3) is 0 Å². The summed E-state index contributed by atoms with van der Waals surface area (Å²) in [7, 11) is 0. The van der Waals surface area contributed by atoms with E-state index in [9.17, 15) is 9.59 Å². The van der Waals surface area contributed by atoms with Crippen LogP contribution in [0.1, 0.15) is 31.2 Å². The van der Waals surface area contributed by atoms with Gasteiger partial charge in [-0.2, -0.15) is 0 Å². The lowest BCUT2D eigenvalue weighted by atomic mass is 9.97. The van der Waals surface area contributed by atoms with Gasteiger partial charge < -0.3 is 15.1 Å². The van der Waals surface area contributed by atoms with Crippen LogP contribution in [0.3, 0.4) is 0 Å². The molecule has 0 radical (unpaired) electrons. The highest BCUT2D eigenvalue weighted by atomic mass is 35.5. The number of benzene rings is 1. The Labute approximate surface area is 147 Å². The third-order valence-electron chi connectivity index (χ3n) is 4.82. The number of nitrogens with one attached hydrogen (secondary N) is 1. The molecule has 2 aliphatic rings. The predicted molar refractivity (Wildman–Crippen MR) is 93.8 cm³/mol. The summed E-state index contributed by atoms with van der Waals surface area (Å²) in [5, 5.41) is 3.67. The molecule has 0 spiro atoms. The van der Waals surface area contributed by atoms with Crippen molar-refractivity contribution in [3.63, 3.8) is 0 Å². The minimum Gasteiger partial charge on any atom is -0.352 e. The Morgan fingerprint density at radius 2 is 1.71 bits per heavy atom. The molecule has 1 N–H and O–H groups in total. The smallest absolute Gasteiger partial charge is 0.320 e. The van der Waals surface area contributed by atoms with Gasteiger partial charge >= 0.3 is 6.03 Å². The van der Waals surface area contributed by atoms with Crippen LogP contribution in [0, 0.1) is 5.92 Å². The van der Waals surface area contributed by atoms with Crippen LogP contribution in [0.4, 0.5) is 4.79 Å². The van der Waals surface area contributed by atoms with E-state index in [1.54, 1.807) is 0 Å². The lowest BCUT2D eigenvalue weighted by Gasteiger charge is -2.34. The van der Waals surface area contributed by atoms with Crippen molar-refractivity contribution in [3.05, 3.63) is 34.9 Å². The Hall–Kier alpha value is -1.75. The maximum atomic E-state index is 12.5. The lowest BCUT2D eigenvalue weighted by Crippen LogP contribution is -2.49. The highest BCUT2D eigenvalue weighted by Crippen LogP contribution is 2.20. The molecule has 0 unspecified atom stereocenters. The van der Waals surface area contributed by atoms with Crippen LogP contribution in [-0.4, -0.2) is 47.9 Å². The van der Waals surface area contributed by atoms with Crippen LogP contribution in [0.5, 0.6) is 0 Å². The third kappa shape index (κ3) is 4.20. The number of amides is 3. The monoisotopic (exact) mass is 349 g/mol. The average Bonchev–Trinajstić information content (AvgIpc) is 3.15. The maximum Gasteiger partial charge on any atom is 0.320 e. The number of carbonyl (C=O) groups excluding carboxylic acids is 2. The molecule has 1 aromatic carbocycles. The molecular formula is C18H24ClN3O2. The fourth-order valence-electron chi connectivity index (χ4n) is 3.41. The Bertz CT molecular complexity index is 584. The molecule has 0 aliphatic carbocycles. The second-order valence-electron chi connectivity index (χ2n) is 6.61. The second kappa shape index (κ2) is 7.88. The van der Waals surface area contributed by atoms with Crippen molar-refractivity contribution in [2.45, 2.75) is 32.2 Å². The number of halogens is 1. The maximum absolute atomic E-state index is 12.5. The van der Waals surface area contributed by atoms with Gasteiger partial charge in [0.05, 0.1) is 5.92 Å². The van der Waals surface area contributed by atoms with E-state index in [4.69, 9.17) is 11.6 Å². The summed E-state index contributed by atoms with van der Waals surface area (Å²) in [5.41, 5.74) is 1.02. The number of likely N-dealkylation sites (tertiary alicyclic amines) is 2.